The molecule has 0 atom stereocenters. The zero-order chi connectivity index (χ0) is 13.2. The van der Waals surface area contributed by atoms with Crippen LogP contribution in [0.2, 0.25) is 0 Å². The molecule has 0 saturated heterocycles. The molecule has 0 spiro atoms. The largest absolute Gasteiger partial charge is 0.494 e. The van der Waals surface area contributed by atoms with Crippen molar-refractivity contribution in [3.8, 4) is 5.75 Å². The van der Waals surface area contributed by atoms with Gasteiger partial charge >= 0.3 is 0 Å². The number of hydrogen-bond acceptors (Lipinski definition) is 4. The Labute approximate surface area is 107 Å². The molecule has 100 valence electrons. The quantitative estimate of drug-likeness (QED) is 0.281. The molecule has 5 nitrogen and oxygen atoms in total. The molecule has 0 aliphatic carbocycles. The molecule has 0 unspecified atom stereocenters. The van der Waals surface area contributed by atoms with E-state index < -0.39 is 0 Å². The average molecular weight is 252 g/mol. The molecule has 0 heterocycles. The highest BCUT2D eigenvalue weighted by Crippen LogP contribution is 2.12. The lowest BCUT2D eigenvalue weighted by atomic mass is 10.2. The van der Waals surface area contributed by atoms with Crippen molar-refractivity contribution in [2.75, 3.05) is 13.2 Å². The van der Waals surface area contributed by atoms with E-state index in [1.807, 2.05) is 0 Å². The first-order chi connectivity index (χ1) is 8.77. The van der Waals surface area contributed by atoms with Crippen LogP contribution in [0.3, 0.4) is 0 Å². The van der Waals surface area contributed by atoms with Gasteiger partial charge in [-0.05, 0) is 43.5 Å². The Kier molecular flexibility index (Phi) is 6.83. The first-order valence-electron chi connectivity index (χ1n) is 6.12. The number of nitrogens with two attached hydrogens (primary N) is 1. The second-order valence-corrected chi connectivity index (χ2v) is 3.98. The van der Waals surface area contributed by atoms with Crippen LogP contribution in [0.5, 0.6) is 5.75 Å². The van der Waals surface area contributed by atoms with Gasteiger partial charge in [0.1, 0.15) is 5.75 Å². The second kappa shape index (κ2) is 8.49. The molecule has 0 aliphatic rings. The minimum Gasteiger partial charge on any atom is -0.494 e. The summed E-state index contributed by atoms with van der Waals surface area (Å²) in [6, 6.07) is 6.84. The number of aliphatic hydroxyl groups excluding tert-OH is 1. The molecule has 4 N–H and O–H groups in total. The Morgan fingerprint density at radius 1 is 1.17 bits per heavy atom. The molecule has 18 heavy (non-hydrogen) atoms. The van der Waals surface area contributed by atoms with E-state index in [4.69, 9.17) is 15.7 Å². The minimum atomic E-state index is -0.314. The normalized spacial score (nSPS) is 10.1. The highest BCUT2D eigenvalue weighted by Gasteiger charge is 2.02. The molecular formula is C13H20N2O3. The van der Waals surface area contributed by atoms with Crippen LogP contribution in [0.25, 0.3) is 0 Å². The van der Waals surface area contributed by atoms with Gasteiger partial charge in [0, 0.05) is 12.2 Å². The van der Waals surface area contributed by atoms with Gasteiger partial charge in [0.15, 0.2) is 0 Å². The number of nitrogen functional groups attached to an aromatic ring is 1. The molecule has 0 bridgehead atoms. The fraction of sp³-hybridized carbons (Fsp3) is 0.462. The maximum Gasteiger partial charge on any atom is 0.265 e. The molecule has 1 aromatic rings. The summed E-state index contributed by atoms with van der Waals surface area (Å²) in [6.45, 7) is 0.902. The van der Waals surface area contributed by atoms with Crippen molar-refractivity contribution >= 4 is 5.91 Å². The molecule has 0 aliphatic heterocycles. The smallest absolute Gasteiger partial charge is 0.265 e. The molecule has 0 fully saturated rings. The number of unbranched alkanes of at least 4 members (excludes halogenated alkanes) is 3. The molecule has 0 radical (unpaired) electrons. The third-order valence-corrected chi connectivity index (χ3v) is 2.57. The van der Waals surface area contributed by atoms with Gasteiger partial charge in [-0.2, -0.15) is 0 Å². The van der Waals surface area contributed by atoms with Crippen LogP contribution in [0, 0.1) is 0 Å². The van der Waals surface area contributed by atoms with Crippen molar-refractivity contribution in [3.63, 3.8) is 0 Å². The number of carbonyl (C=O) groups excluding carboxylic acids is 1. The predicted molar refractivity (Wildman–Crippen MR) is 69.1 cm³/mol. The fourth-order valence-electron chi connectivity index (χ4n) is 1.54. The van der Waals surface area contributed by atoms with Crippen LogP contribution < -0.4 is 16.0 Å². The number of ether oxygens (including phenoxy) is 1. The summed E-state index contributed by atoms with van der Waals surface area (Å²) >= 11 is 0. The van der Waals surface area contributed by atoms with Crippen LogP contribution in [-0.2, 0) is 0 Å². The van der Waals surface area contributed by atoms with Crippen LogP contribution in [0.4, 0.5) is 0 Å². The topological polar surface area (TPSA) is 84.6 Å². The molecule has 0 aromatic heterocycles. The number of carbonyl (C=O) groups is 1. The summed E-state index contributed by atoms with van der Waals surface area (Å²) in [7, 11) is 0. The zero-order valence-electron chi connectivity index (χ0n) is 10.4. The molecule has 1 amide bonds. The lowest BCUT2D eigenvalue weighted by Crippen LogP contribution is -2.29. The van der Waals surface area contributed by atoms with Gasteiger partial charge in [0.25, 0.3) is 5.91 Å². The summed E-state index contributed by atoms with van der Waals surface area (Å²) in [6.07, 6.45) is 3.89. The van der Waals surface area contributed by atoms with E-state index in [1.165, 1.54) is 0 Å². The van der Waals surface area contributed by atoms with Crippen molar-refractivity contribution in [2.45, 2.75) is 25.7 Å². The predicted octanol–water partition coefficient (Wildman–Crippen LogP) is 1.22. The monoisotopic (exact) mass is 252 g/mol. The maximum absolute atomic E-state index is 11.2. The Morgan fingerprint density at radius 3 is 2.44 bits per heavy atom. The van der Waals surface area contributed by atoms with Gasteiger partial charge in [0.2, 0.25) is 0 Å². The number of aliphatic hydroxyl groups is 1. The van der Waals surface area contributed by atoms with Gasteiger partial charge in [0.05, 0.1) is 6.61 Å². The van der Waals surface area contributed by atoms with Gasteiger partial charge < -0.3 is 9.84 Å². The molecule has 1 rings (SSSR count). The average Bonchev–Trinajstić information content (AvgIpc) is 2.42. The summed E-state index contributed by atoms with van der Waals surface area (Å²) in [5.41, 5.74) is 2.58. The Bertz CT molecular complexity index is 352. The summed E-state index contributed by atoms with van der Waals surface area (Å²) in [4.78, 5) is 11.2. The zero-order valence-corrected chi connectivity index (χ0v) is 10.4. The molecule has 0 saturated carbocycles. The van der Waals surface area contributed by atoms with Gasteiger partial charge in [-0.15, -0.1) is 0 Å². The second-order valence-electron chi connectivity index (χ2n) is 3.98. The number of hydrogen-bond donors (Lipinski definition) is 3. The number of amides is 1. The number of nitrogens with one attached hydrogen (secondary N) is 1. The van der Waals surface area contributed by atoms with E-state index >= 15 is 0 Å². The van der Waals surface area contributed by atoms with E-state index in [0.29, 0.717) is 12.2 Å². The lowest BCUT2D eigenvalue weighted by Gasteiger charge is -2.06. The van der Waals surface area contributed by atoms with Crippen LogP contribution in [-0.4, -0.2) is 24.2 Å². The first kappa shape index (κ1) is 14.5. The van der Waals surface area contributed by atoms with E-state index in [1.54, 1.807) is 24.3 Å². The Morgan fingerprint density at radius 2 is 1.83 bits per heavy atom. The van der Waals surface area contributed by atoms with Crippen LogP contribution in [0.15, 0.2) is 24.3 Å². The van der Waals surface area contributed by atoms with Gasteiger partial charge in [-0.25, -0.2) is 5.84 Å². The van der Waals surface area contributed by atoms with Crippen LogP contribution in [0.1, 0.15) is 36.0 Å². The van der Waals surface area contributed by atoms with E-state index in [2.05, 4.69) is 5.43 Å². The van der Waals surface area contributed by atoms with Crippen molar-refractivity contribution in [1.29, 1.82) is 0 Å². The standard InChI is InChI=1S/C13H20N2O3/c14-15-13(17)11-5-7-12(8-6-11)18-10-4-2-1-3-9-16/h5-8,16H,1-4,9-10,14H2,(H,15,17). The van der Waals surface area contributed by atoms with Crippen molar-refractivity contribution in [1.82, 2.24) is 5.43 Å². The summed E-state index contributed by atoms with van der Waals surface area (Å²) in [5, 5.41) is 8.62. The fourth-order valence-corrected chi connectivity index (χ4v) is 1.54. The van der Waals surface area contributed by atoms with E-state index in [9.17, 15) is 4.79 Å². The molecule has 1 aromatic carbocycles. The number of rotatable bonds is 8. The third kappa shape index (κ3) is 5.16. The van der Waals surface area contributed by atoms with Gasteiger partial charge in [-0.1, -0.05) is 6.42 Å². The lowest BCUT2D eigenvalue weighted by molar-refractivity contribution is 0.0953. The van der Waals surface area contributed by atoms with E-state index in [-0.39, 0.29) is 12.5 Å². The number of benzene rings is 1. The van der Waals surface area contributed by atoms with E-state index in [0.717, 1.165) is 31.4 Å². The Hall–Kier alpha value is -1.59. The SMILES string of the molecule is NNC(=O)c1ccc(OCCCCCCO)cc1. The van der Waals surface area contributed by atoms with Crippen molar-refractivity contribution in [3.05, 3.63) is 29.8 Å². The third-order valence-electron chi connectivity index (χ3n) is 2.57. The molecular weight excluding hydrogens is 232 g/mol. The highest BCUT2D eigenvalue weighted by atomic mass is 16.5. The first-order valence-corrected chi connectivity index (χ1v) is 6.12. The summed E-state index contributed by atoms with van der Waals surface area (Å²) in [5.74, 6) is 5.46. The Balaban J connectivity index is 2.25. The molecule has 5 heteroatoms. The van der Waals surface area contributed by atoms with Crippen molar-refractivity contribution < 1.29 is 14.6 Å². The van der Waals surface area contributed by atoms with Crippen molar-refractivity contribution in [2.24, 2.45) is 5.84 Å². The maximum atomic E-state index is 11.2. The minimum absolute atomic E-state index is 0.255. The highest BCUT2D eigenvalue weighted by molar-refractivity contribution is 5.93. The van der Waals surface area contributed by atoms with Gasteiger partial charge in [-0.3, -0.25) is 10.2 Å². The summed E-state index contributed by atoms with van der Waals surface area (Å²) < 4.78 is 5.53. The number of hydrazine groups is 1. The van der Waals surface area contributed by atoms with Crippen LogP contribution >= 0.6 is 0 Å².